The Morgan fingerprint density at radius 1 is 0.913 bits per heavy atom. The third kappa shape index (κ3) is 5.20. The molecule has 0 atom stereocenters. The van der Waals surface area contributed by atoms with Gasteiger partial charge >= 0.3 is 5.97 Å². The topological polar surface area (TPSA) is 60.8 Å². The average Bonchev–Trinajstić information content (AvgIpc) is 2.59. The van der Waals surface area contributed by atoms with Gasteiger partial charge in [0.25, 0.3) is 0 Å². The normalized spacial score (nSPS) is 11.1. The largest absolute Gasteiger partial charge is 0.481 e. The van der Waals surface area contributed by atoms with Gasteiger partial charge in [-0.1, -0.05) is 60.7 Å². The number of rotatable bonds is 9. The number of carboxylic acids is 1. The van der Waals surface area contributed by atoms with Crippen LogP contribution < -0.4 is 0 Å². The van der Waals surface area contributed by atoms with Crippen molar-refractivity contribution in [3.05, 3.63) is 71.8 Å². The highest BCUT2D eigenvalue weighted by Crippen LogP contribution is 2.28. The second-order valence-electron chi connectivity index (χ2n) is 5.48. The van der Waals surface area contributed by atoms with Crippen LogP contribution in [0.15, 0.2) is 60.7 Å². The molecule has 0 saturated carbocycles. The summed E-state index contributed by atoms with van der Waals surface area (Å²) in [6, 6.07) is 20.1. The van der Waals surface area contributed by atoms with Gasteiger partial charge in [-0.05, 0) is 17.5 Å². The van der Waals surface area contributed by atoms with Gasteiger partial charge in [-0.2, -0.15) is 0 Å². The first-order valence-electron chi connectivity index (χ1n) is 7.89. The van der Waals surface area contributed by atoms with Crippen molar-refractivity contribution in [1.82, 2.24) is 4.90 Å². The minimum atomic E-state index is -0.807. The molecular weight excluding hydrogens is 290 g/mol. The summed E-state index contributed by atoms with van der Waals surface area (Å²) in [6.07, 6.45) is 0.706. The number of carboxylic acid groups (broad SMARTS) is 1. The zero-order valence-corrected chi connectivity index (χ0v) is 13.1. The van der Waals surface area contributed by atoms with Crippen molar-refractivity contribution in [2.24, 2.45) is 0 Å². The lowest BCUT2D eigenvalue weighted by atomic mass is 9.96. The Balaban J connectivity index is 2.33. The Morgan fingerprint density at radius 3 is 1.87 bits per heavy atom. The zero-order chi connectivity index (χ0) is 16.5. The lowest BCUT2D eigenvalue weighted by Crippen LogP contribution is -2.33. The van der Waals surface area contributed by atoms with Crippen molar-refractivity contribution in [3.63, 3.8) is 0 Å². The molecule has 2 rings (SSSR count). The number of aliphatic carboxylic acids is 1. The van der Waals surface area contributed by atoms with E-state index >= 15 is 0 Å². The van der Waals surface area contributed by atoms with Crippen molar-refractivity contribution >= 4 is 5.97 Å². The fourth-order valence-electron chi connectivity index (χ4n) is 2.77. The van der Waals surface area contributed by atoms with E-state index in [9.17, 15) is 9.90 Å². The molecule has 0 saturated heterocycles. The van der Waals surface area contributed by atoms with Crippen LogP contribution in [0.2, 0.25) is 0 Å². The predicted octanol–water partition coefficient (Wildman–Crippen LogP) is 2.94. The summed E-state index contributed by atoms with van der Waals surface area (Å²) in [5, 5.41) is 18.2. The highest BCUT2D eigenvalue weighted by Gasteiger charge is 2.22. The number of hydrogen-bond donors (Lipinski definition) is 2. The number of hydrogen-bond acceptors (Lipinski definition) is 3. The molecule has 4 heteroatoms. The molecular formula is C19H23NO3. The van der Waals surface area contributed by atoms with E-state index in [1.807, 2.05) is 36.4 Å². The van der Waals surface area contributed by atoms with Crippen molar-refractivity contribution in [2.75, 3.05) is 19.7 Å². The van der Waals surface area contributed by atoms with Crippen LogP contribution in [-0.4, -0.2) is 40.8 Å². The lowest BCUT2D eigenvalue weighted by molar-refractivity contribution is -0.137. The van der Waals surface area contributed by atoms with Crippen molar-refractivity contribution in [1.29, 1.82) is 0 Å². The lowest BCUT2D eigenvalue weighted by Gasteiger charge is -2.32. The Morgan fingerprint density at radius 2 is 1.43 bits per heavy atom. The van der Waals surface area contributed by atoms with Crippen molar-refractivity contribution < 1.29 is 15.0 Å². The van der Waals surface area contributed by atoms with Crippen LogP contribution in [0.1, 0.15) is 30.0 Å². The second kappa shape index (κ2) is 9.08. The van der Waals surface area contributed by atoms with Gasteiger partial charge in [-0.3, -0.25) is 9.69 Å². The van der Waals surface area contributed by atoms with Gasteiger partial charge in [0.05, 0.1) is 12.5 Å². The monoisotopic (exact) mass is 313 g/mol. The summed E-state index contributed by atoms with van der Waals surface area (Å²) in [4.78, 5) is 13.1. The van der Waals surface area contributed by atoms with E-state index in [-0.39, 0.29) is 19.1 Å². The van der Waals surface area contributed by atoms with Crippen molar-refractivity contribution in [2.45, 2.75) is 18.9 Å². The van der Waals surface area contributed by atoms with Crippen LogP contribution in [0.4, 0.5) is 0 Å². The first kappa shape index (κ1) is 17.2. The molecule has 0 aliphatic carbocycles. The molecule has 0 amide bonds. The van der Waals surface area contributed by atoms with Gasteiger partial charge in [0.15, 0.2) is 0 Å². The molecule has 2 aromatic rings. The Kier molecular flexibility index (Phi) is 6.78. The van der Waals surface area contributed by atoms with Crippen LogP contribution >= 0.6 is 0 Å². The van der Waals surface area contributed by atoms with E-state index in [1.165, 1.54) is 0 Å². The van der Waals surface area contributed by atoms with Crippen LogP contribution in [0.5, 0.6) is 0 Å². The van der Waals surface area contributed by atoms with E-state index in [1.54, 1.807) is 0 Å². The van der Waals surface area contributed by atoms with Crippen molar-refractivity contribution in [3.8, 4) is 0 Å². The fourth-order valence-corrected chi connectivity index (χ4v) is 2.77. The Bertz CT molecular complexity index is 547. The number of benzene rings is 2. The SMILES string of the molecule is O=C(O)CCN(CCCO)C(c1ccccc1)c1ccccc1. The Hall–Kier alpha value is -2.17. The number of aliphatic hydroxyl groups excluding tert-OH is 1. The molecule has 0 bridgehead atoms. The van der Waals surface area contributed by atoms with Crippen LogP contribution in [0, 0.1) is 0 Å². The second-order valence-corrected chi connectivity index (χ2v) is 5.48. The Labute approximate surface area is 137 Å². The van der Waals surface area contributed by atoms with E-state index < -0.39 is 5.97 Å². The summed E-state index contributed by atoms with van der Waals surface area (Å²) in [5.74, 6) is -0.807. The third-order valence-electron chi connectivity index (χ3n) is 3.81. The maximum atomic E-state index is 11.0. The van der Waals surface area contributed by atoms with E-state index in [0.717, 1.165) is 11.1 Å². The molecule has 0 fully saturated rings. The molecule has 0 aliphatic heterocycles. The minimum absolute atomic E-state index is 0.0108. The average molecular weight is 313 g/mol. The molecule has 4 nitrogen and oxygen atoms in total. The molecule has 122 valence electrons. The van der Waals surface area contributed by atoms with Gasteiger partial charge in [-0.25, -0.2) is 0 Å². The predicted molar refractivity (Wildman–Crippen MR) is 90.3 cm³/mol. The summed E-state index contributed by atoms with van der Waals surface area (Å²) in [7, 11) is 0. The summed E-state index contributed by atoms with van der Waals surface area (Å²) in [6.45, 7) is 1.20. The molecule has 23 heavy (non-hydrogen) atoms. The van der Waals surface area contributed by atoms with Gasteiger partial charge in [-0.15, -0.1) is 0 Å². The highest BCUT2D eigenvalue weighted by atomic mass is 16.4. The van der Waals surface area contributed by atoms with E-state index in [2.05, 4.69) is 29.2 Å². The molecule has 0 aromatic heterocycles. The van der Waals surface area contributed by atoms with Crippen LogP contribution in [0.25, 0.3) is 0 Å². The van der Waals surface area contributed by atoms with Gasteiger partial charge in [0.1, 0.15) is 0 Å². The zero-order valence-electron chi connectivity index (χ0n) is 13.1. The smallest absolute Gasteiger partial charge is 0.304 e. The minimum Gasteiger partial charge on any atom is -0.481 e. The molecule has 0 spiro atoms. The van der Waals surface area contributed by atoms with Gasteiger partial charge in [0, 0.05) is 19.7 Å². The highest BCUT2D eigenvalue weighted by molar-refractivity contribution is 5.66. The molecule has 0 heterocycles. The molecule has 0 aliphatic rings. The maximum absolute atomic E-state index is 11.0. The first-order valence-corrected chi connectivity index (χ1v) is 7.89. The third-order valence-corrected chi connectivity index (χ3v) is 3.81. The summed E-state index contributed by atoms with van der Waals surface area (Å²) in [5.41, 5.74) is 2.25. The van der Waals surface area contributed by atoms with Crippen LogP contribution in [0.3, 0.4) is 0 Å². The maximum Gasteiger partial charge on any atom is 0.304 e. The number of aliphatic hydroxyl groups is 1. The van der Waals surface area contributed by atoms with Gasteiger partial charge in [0.2, 0.25) is 0 Å². The van der Waals surface area contributed by atoms with E-state index in [4.69, 9.17) is 5.11 Å². The molecule has 2 aromatic carbocycles. The molecule has 0 unspecified atom stereocenters. The molecule has 2 N–H and O–H groups in total. The first-order chi connectivity index (χ1) is 11.2. The number of nitrogens with zero attached hydrogens (tertiary/aromatic N) is 1. The summed E-state index contributed by atoms with van der Waals surface area (Å²) < 4.78 is 0. The number of carbonyl (C=O) groups is 1. The van der Waals surface area contributed by atoms with Gasteiger partial charge < -0.3 is 10.2 Å². The molecule has 0 radical (unpaired) electrons. The van der Waals surface area contributed by atoms with Crippen LogP contribution in [-0.2, 0) is 4.79 Å². The quantitative estimate of drug-likeness (QED) is 0.747. The standard InChI is InChI=1S/C19H23NO3/c21-15-7-13-20(14-12-18(22)23)19(16-8-3-1-4-9-16)17-10-5-2-6-11-17/h1-6,8-11,19,21H,7,12-15H2,(H,22,23). The fraction of sp³-hybridized carbons (Fsp3) is 0.316. The summed E-state index contributed by atoms with van der Waals surface area (Å²) >= 11 is 0. The van der Waals surface area contributed by atoms with E-state index in [0.29, 0.717) is 19.5 Å².